The molecule has 0 spiro atoms. The van der Waals surface area contributed by atoms with Gasteiger partial charge in [0.1, 0.15) is 6.61 Å². The topological polar surface area (TPSA) is 99.4 Å². The first-order valence-corrected chi connectivity index (χ1v) is 8.79. The summed E-state index contributed by atoms with van der Waals surface area (Å²) < 4.78 is 0. The Bertz CT molecular complexity index is 521. The van der Waals surface area contributed by atoms with Gasteiger partial charge in [-0.25, -0.2) is 0 Å². The zero-order valence-corrected chi connectivity index (χ0v) is 14.0. The lowest BCUT2D eigenvalue weighted by Crippen LogP contribution is -2.49. The van der Waals surface area contributed by atoms with Gasteiger partial charge in [0, 0.05) is 25.4 Å². The second-order valence-electron chi connectivity index (χ2n) is 6.61. The van der Waals surface area contributed by atoms with Gasteiger partial charge >= 0.3 is 5.97 Å². The molecule has 24 heavy (non-hydrogen) atoms. The maximum atomic E-state index is 10.4. The zero-order chi connectivity index (χ0) is 17.4. The summed E-state index contributed by atoms with van der Waals surface area (Å²) in [6.07, 6.45) is 6.49. The van der Waals surface area contributed by atoms with Gasteiger partial charge in [0.05, 0.1) is 23.7 Å². The van der Waals surface area contributed by atoms with Crippen molar-refractivity contribution in [1.29, 1.82) is 0 Å². The minimum atomic E-state index is -0.903. The van der Waals surface area contributed by atoms with Gasteiger partial charge in [-0.05, 0) is 25.7 Å². The molecule has 2 aliphatic carbocycles. The van der Waals surface area contributed by atoms with Crippen molar-refractivity contribution in [3.63, 3.8) is 0 Å². The summed E-state index contributed by atoms with van der Waals surface area (Å²) in [7, 11) is 0. The fourth-order valence-corrected chi connectivity index (χ4v) is 3.55. The van der Waals surface area contributed by atoms with E-state index in [1.807, 2.05) is 0 Å². The van der Waals surface area contributed by atoms with Crippen LogP contribution in [0.2, 0.25) is 0 Å². The number of carboxylic acid groups (broad SMARTS) is 1. The highest BCUT2D eigenvalue weighted by molar-refractivity contribution is 5.95. The van der Waals surface area contributed by atoms with E-state index in [4.69, 9.17) is 15.1 Å². The molecule has 6 nitrogen and oxygen atoms in total. The lowest BCUT2D eigenvalue weighted by atomic mass is 9.60. The molecule has 0 amide bonds. The second-order valence-corrected chi connectivity index (χ2v) is 6.61. The third-order valence-corrected chi connectivity index (χ3v) is 4.94. The Morgan fingerprint density at radius 1 is 1.29 bits per heavy atom. The molecule has 0 bridgehead atoms. The lowest BCUT2D eigenvalue weighted by Gasteiger charge is -2.43. The smallest absolute Gasteiger partial charge is 0.306 e. The molecular formula is C18H27NO5. The normalized spacial score (nSPS) is 29.5. The Morgan fingerprint density at radius 2 is 2.08 bits per heavy atom. The Hall–Kier alpha value is -1.58. The summed E-state index contributed by atoms with van der Waals surface area (Å²) in [4.78, 5) is 15.5. The van der Waals surface area contributed by atoms with Gasteiger partial charge in [0.25, 0.3) is 0 Å². The lowest BCUT2D eigenvalue weighted by molar-refractivity contribution is -0.138. The molecule has 2 fully saturated rings. The number of carboxylic acids is 1. The van der Waals surface area contributed by atoms with Crippen molar-refractivity contribution in [3.8, 4) is 11.8 Å². The van der Waals surface area contributed by atoms with Crippen molar-refractivity contribution < 1.29 is 25.0 Å². The van der Waals surface area contributed by atoms with Gasteiger partial charge in [-0.1, -0.05) is 23.9 Å². The highest BCUT2D eigenvalue weighted by atomic mass is 16.6. The number of aliphatic hydroxyl groups is 2. The summed E-state index contributed by atoms with van der Waals surface area (Å²) in [6.45, 7) is 0.319. The van der Waals surface area contributed by atoms with Gasteiger partial charge in [-0.3, -0.25) is 4.79 Å². The molecule has 0 radical (unpaired) electrons. The molecule has 0 aromatic carbocycles. The van der Waals surface area contributed by atoms with Crippen molar-refractivity contribution in [3.05, 3.63) is 0 Å². The molecule has 0 aromatic heterocycles. The predicted molar refractivity (Wildman–Crippen MR) is 89.4 cm³/mol. The van der Waals surface area contributed by atoms with Crippen LogP contribution in [0.25, 0.3) is 0 Å². The summed E-state index contributed by atoms with van der Waals surface area (Å²) >= 11 is 0. The van der Waals surface area contributed by atoms with Crippen molar-refractivity contribution in [2.75, 3.05) is 13.2 Å². The number of hydrogen-bond donors (Lipinski definition) is 3. The predicted octanol–water partition coefficient (Wildman–Crippen LogP) is 1.94. The minimum Gasteiger partial charge on any atom is -0.481 e. The van der Waals surface area contributed by atoms with Crippen molar-refractivity contribution >= 4 is 11.7 Å². The number of aliphatic hydroxyl groups excluding tert-OH is 2. The van der Waals surface area contributed by atoms with Crippen molar-refractivity contribution in [1.82, 2.24) is 0 Å². The van der Waals surface area contributed by atoms with Crippen LogP contribution < -0.4 is 0 Å². The number of unbranched alkanes of at least 4 members (excludes halogenated alkanes) is 4. The van der Waals surface area contributed by atoms with Crippen LogP contribution in [0.15, 0.2) is 5.16 Å². The van der Waals surface area contributed by atoms with E-state index in [1.165, 1.54) is 0 Å². The maximum absolute atomic E-state index is 10.4. The number of carbonyl (C=O) groups is 1. The largest absolute Gasteiger partial charge is 0.481 e. The molecule has 0 aromatic rings. The van der Waals surface area contributed by atoms with Crippen LogP contribution in [0.3, 0.4) is 0 Å². The number of aliphatic carboxylic acids is 1. The number of rotatable bonds is 9. The maximum Gasteiger partial charge on any atom is 0.306 e. The summed E-state index contributed by atoms with van der Waals surface area (Å²) in [6, 6.07) is 0. The molecule has 2 unspecified atom stereocenters. The van der Waals surface area contributed by atoms with Crippen molar-refractivity contribution in [2.45, 2.75) is 63.9 Å². The molecule has 2 aliphatic rings. The molecule has 6 heteroatoms. The van der Waals surface area contributed by atoms with E-state index in [9.17, 15) is 9.90 Å². The van der Waals surface area contributed by atoms with Crippen LogP contribution in [-0.2, 0) is 9.63 Å². The number of nitrogens with zero attached hydrogens (tertiary/aromatic N) is 1. The molecule has 3 atom stereocenters. The van der Waals surface area contributed by atoms with Crippen LogP contribution in [0, 0.1) is 23.2 Å². The fraction of sp³-hybridized carbons (Fsp3) is 0.778. The Morgan fingerprint density at radius 3 is 2.83 bits per heavy atom. The number of oxime groups is 1. The number of fused-ring (bicyclic) bond motifs is 1. The van der Waals surface area contributed by atoms with E-state index in [0.717, 1.165) is 50.7 Å². The van der Waals surface area contributed by atoms with E-state index in [1.54, 1.807) is 0 Å². The average molecular weight is 337 g/mol. The third-order valence-electron chi connectivity index (χ3n) is 4.94. The van der Waals surface area contributed by atoms with Gasteiger partial charge in [-0.15, -0.1) is 5.92 Å². The molecule has 2 rings (SSSR count). The quantitative estimate of drug-likeness (QED) is 0.339. The van der Waals surface area contributed by atoms with Gasteiger partial charge in [-0.2, -0.15) is 0 Å². The Labute approximate surface area is 142 Å². The molecule has 2 saturated carbocycles. The molecule has 0 aliphatic heterocycles. The first-order valence-electron chi connectivity index (χ1n) is 8.79. The Balaban J connectivity index is 1.81. The van der Waals surface area contributed by atoms with E-state index in [2.05, 4.69) is 17.0 Å². The SMILES string of the molecule is O=C(O)CCON=C1CC2(C#CCCCCCCO)C1CC[C@@H]2O. The van der Waals surface area contributed by atoms with Crippen LogP contribution in [0.5, 0.6) is 0 Å². The van der Waals surface area contributed by atoms with E-state index < -0.39 is 12.1 Å². The van der Waals surface area contributed by atoms with Crippen LogP contribution in [0.1, 0.15) is 57.8 Å². The number of hydrogen-bond acceptors (Lipinski definition) is 5. The summed E-state index contributed by atoms with van der Waals surface area (Å²) in [5.41, 5.74) is 0.522. The second kappa shape index (κ2) is 9.05. The van der Waals surface area contributed by atoms with Crippen LogP contribution in [0.4, 0.5) is 0 Å². The van der Waals surface area contributed by atoms with E-state index >= 15 is 0 Å². The van der Waals surface area contributed by atoms with E-state index in [0.29, 0.717) is 6.42 Å². The fourth-order valence-electron chi connectivity index (χ4n) is 3.55. The van der Waals surface area contributed by atoms with Crippen LogP contribution >= 0.6 is 0 Å². The highest BCUT2D eigenvalue weighted by Crippen LogP contribution is 2.55. The van der Waals surface area contributed by atoms with Gasteiger partial charge in [0.15, 0.2) is 0 Å². The standard InChI is InChI=1S/C18H27NO5/c20-11-6-4-2-1-3-5-10-18-13-15(14(18)7-8-16(18)21)19-24-12-9-17(22)23/h14,16,20-21H,1-4,6-9,11-13H2,(H,22,23)/t14?,16-,18?/m0/s1. The minimum absolute atomic E-state index is 0.0642. The Kier molecular flexibility index (Phi) is 7.07. The zero-order valence-electron chi connectivity index (χ0n) is 14.0. The monoisotopic (exact) mass is 337 g/mol. The first-order chi connectivity index (χ1) is 11.6. The van der Waals surface area contributed by atoms with E-state index in [-0.39, 0.29) is 31.0 Å². The van der Waals surface area contributed by atoms with Crippen molar-refractivity contribution in [2.24, 2.45) is 16.5 Å². The first kappa shape index (κ1) is 18.8. The molecule has 0 heterocycles. The van der Waals surface area contributed by atoms with Gasteiger partial charge < -0.3 is 20.2 Å². The third kappa shape index (κ3) is 4.49. The molecule has 3 N–H and O–H groups in total. The highest BCUT2D eigenvalue weighted by Gasteiger charge is 2.59. The molecule has 0 saturated heterocycles. The molecule has 134 valence electrons. The summed E-state index contributed by atoms with van der Waals surface area (Å²) in [5.74, 6) is 5.74. The van der Waals surface area contributed by atoms with Crippen LogP contribution in [-0.4, -0.2) is 46.3 Å². The summed E-state index contributed by atoms with van der Waals surface area (Å²) in [5, 5.41) is 31.7. The average Bonchev–Trinajstić information content (AvgIpc) is 2.77. The molecular weight excluding hydrogens is 310 g/mol. The van der Waals surface area contributed by atoms with Gasteiger partial charge in [0.2, 0.25) is 0 Å².